The summed E-state index contributed by atoms with van der Waals surface area (Å²) in [6.45, 7) is 0. The van der Waals surface area contributed by atoms with E-state index in [2.05, 4.69) is 9.97 Å². The predicted octanol–water partition coefficient (Wildman–Crippen LogP) is 1.30. The number of hydrogen-bond donors (Lipinski definition) is 1. The van der Waals surface area contributed by atoms with Gasteiger partial charge in [0.05, 0.1) is 12.8 Å². The lowest BCUT2D eigenvalue weighted by Crippen LogP contribution is -2.10. The van der Waals surface area contributed by atoms with Crippen molar-refractivity contribution in [3.05, 3.63) is 48.0 Å². The molecule has 0 fully saturated rings. The van der Waals surface area contributed by atoms with E-state index in [1.54, 1.807) is 24.3 Å². The van der Waals surface area contributed by atoms with Crippen LogP contribution in [0.25, 0.3) is 0 Å². The molecule has 5 nitrogen and oxygen atoms in total. The SMILES string of the molecule is COc1cccnc1C(=O)c1ncccc1N. The second-order valence-electron chi connectivity index (χ2n) is 3.32. The van der Waals surface area contributed by atoms with Crippen LogP contribution in [0, 0.1) is 0 Å². The van der Waals surface area contributed by atoms with Crippen molar-refractivity contribution in [3.8, 4) is 5.75 Å². The third-order valence-electron chi connectivity index (χ3n) is 2.26. The number of carbonyl (C=O) groups is 1. The van der Waals surface area contributed by atoms with Crippen molar-refractivity contribution in [1.29, 1.82) is 0 Å². The molecule has 0 spiro atoms. The number of pyridine rings is 2. The number of nitrogens with two attached hydrogens (primary N) is 1. The van der Waals surface area contributed by atoms with Gasteiger partial charge in [-0.2, -0.15) is 0 Å². The second-order valence-corrected chi connectivity index (χ2v) is 3.32. The number of hydrogen-bond acceptors (Lipinski definition) is 5. The number of aromatic nitrogens is 2. The summed E-state index contributed by atoms with van der Waals surface area (Å²) in [5.74, 6) is 0.0584. The summed E-state index contributed by atoms with van der Waals surface area (Å²) in [5, 5.41) is 0. The third-order valence-corrected chi connectivity index (χ3v) is 2.26. The number of ketones is 1. The van der Waals surface area contributed by atoms with E-state index in [1.165, 1.54) is 19.5 Å². The minimum Gasteiger partial charge on any atom is -0.494 e. The quantitative estimate of drug-likeness (QED) is 0.802. The number of nitrogen functional groups attached to an aromatic ring is 1. The van der Waals surface area contributed by atoms with Gasteiger partial charge in [0.1, 0.15) is 11.4 Å². The van der Waals surface area contributed by atoms with Crippen LogP contribution >= 0.6 is 0 Å². The van der Waals surface area contributed by atoms with Gasteiger partial charge in [0, 0.05) is 12.4 Å². The minimum atomic E-state index is -0.347. The third kappa shape index (κ3) is 2.08. The summed E-state index contributed by atoms with van der Waals surface area (Å²) in [6, 6.07) is 6.65. The molecule has 0 radical (unpaired) electrons. The Kier molecular flexibility index (Phi) is 3.00. The number of anilines is 1. The van der Waals surface area contributed by atoms with E-state index >= 15 is 0 Å². The Hall–Kier alpha value is -2.43. The molecule has 0 aliphatic carbocycles. The highest BCUT2D eigenvalue weighted by atomic mass is 16.5. The smallest absolute Gasteiger partial charge is 0.235 e. The van der Waals surface area contributed by atoms with Gasteiger partial charge in [-0.25, -0.2) is 4.98 Å². The summed E-state index contributed by atoms with van der Waals surface area (Å²) >= 11 is 0. The number of ether oxygens (including phenoxy) is 1. The van der Waals surface area contributed by atoms with Crippen molar-refractivity contribution < 1.29 is 9.53 Å². The molecule has 0 saturated heterocycles. The van der Waals surface area contributed by atoms with Crippen molar-refractivity contribution in [1.82, 2.24) is 9.97 Å². The average molecular weight is 229 g/mol. The lowest BCUT2D eigenvalue weighted by atomic mass is 10.1. The van der Waals surface area contributed by atoms with Crippen LogP contribution in [0.2, 0.25) is 0 Å². The van der Waals surface area contributed by atoms with Crippen LogP contribution in [0.1, 0.15) is 16.2 Å². The molecular formula is C12H11N3O2. The number of carbonyl (C=O) groups excluding carboxylic acids is 1. The molecule has 0 amide bonds. The van der Waals surface area contributed by atoms with E-state index in [0.29, 0.717) is 11.4 Å². The number of methoxy groups -OCH3 is 1. The highest BCUT2D eigenvalue weighted by Crippen LogP contribution is 2.20. The molecule has 0 aliphatic rings. The fourth-order valence-corrected chi connectivity index (χ4v) is 1.45. The first kappa shape index (κ1) is 11.1. The van der Waals surface area contributed by atoms with Crippen LogP contribution in [0.4, 0.5) is 5.69 Å². The molecule has 0 saturated carbocycles. The highest BCUT2D eigenvalue weighted by molar-refractivity contribution is 6.10. The van der Waals surface area contributed by atoms with Crippen molar-refractivity contribution in [3.63, 3.8) is 0 Å². The van der Waals surface area contributed by atoms with Gasteiger partial charge in [-0.05, 0) is 24.3 Å². The topological polar surface area (TPSA) is 78.1 Å². The number of nitrogens with zero attached hydrogens (tertiary/aromatic N) is 2. The molecule has 17 heavy (non-hydrogen) atoms. The normalized spacial score (nSPS) is 9.94. The first-order valence-electron chi connectivity index (χ1n) is 4.98. The van der Waals surface area contributed by atoms with E-state index in [4.69, 9.17) is 10.5 Å². The van der Waals surface area contributed by atoms with Crippen molar-refractivity contribution >= 4 is 11.5 Å². The van der Waals surface area contributed by atoms with E-state index in [0.717, 1.165) is 0 Å². The maximum atomic E-state index is 12.2. The molecule has 0 atom stereocenters. The molecular weight excluding hydrogens is 218 g/mol. The van der Waals surface area contributed by atoms with Gasteiger partial charge in [0.25, 0.3) is 0 Å². The maximum Gasteiger partial charge on any atom is 0.235 e. The van der Waals surface area contributed by atoms with Gasteiger partial charge in [-0.3, -0.25) is 9.78 Å². The fourth-order valence-electron chi connectivity index (χ4n) is 1.45. The first-order chi connectivity index (χ1) is 8.24. The molecule has 2 aromatic heterocycles. The fraction of sp³-hybridized carbons (Fsp3) is 0.0833. The zero-order valence-electron chi connectivity index (χ0n) is 9.25. The summed E-state index contributed by atoms with van der Waals surface area (Å²) in [4.78, 5) is 20.1. The molecule has 0 unspecified atom stereocenters. The van der Waals surface area contributed by atoms with Gasteiger partial charge in [0.2, 0.25) is 5.78 Å². The van der Waals surface area contributed by atoms with Crippen LogP contribution in [-0.4, -0.2) is 22.9 Å². The lowest BCUT2D eigenvalue weighted by Gasteiger charge is -2.06. The van der Waals surface area contributed by atoms with Gasteiger partial charge in [0.15, 0.2) is 5.69 Å². The summed E-state index contributed by atoms with van der Waals surface area (Å²) < 4.78 is 5.08. The van der Waals surface area contributed by atoms with Crippen LogP contribution < -0.4 is 10.5 Å². The summed E-state index contributed by atoms with van der Waals surface area (Å²) in [7, 11) is 1.48. The summed E-state index contributed by atoms with van der Waals surface area (Å²) in [5.41, 5.74) is 6.42. The monoisotopic (exact) mass is 229 g/mol. The van der Waals surface area contributed by atoms with Crippen molar-refractivity contribution in [2.75, 3.05) is 12.8 Å². The van der Waals surface area contributed by atoms with Crippen LogP contribution in [0.3, 0.4) is 0 Å². The standard InChI is InChI=1S/C12H11N3O2/c1-17-9-5-3-7-15-11(9)12(16)10-8(13)4-2-6-14-10/h2-7H,13H2,1H3. The predicted molar refractivity (Wildman–Crippen MR) is 62.9 cm³/mol. The highest BCUT2D eigenvalue weighted by Gasteiger charge is 2.18. The molecule has 2 N–H and O–H groups in total. The Morgan fingerprint density at radius 3 is 2.47 bits per heavy atom. The van der Waals surface area contributed by atoms with Gasteiger partial charge < -0.3 is 10.5 Å². The van der Waals surface area contributed by atoms with Crippen molar-refractivity contribution in [2.24, 2.45) is 0 Å². The van der Waals surface area contributed by atoms with E-state index in [1.807, 2.05) is 0 Å². The van der Waals surface area contributed by atoms with Gasteiger partial charge in [-0.15, -0.1) is 0 Å². The Balaban J connectivity index is 2.48. The maximum absolute atomic E-state index is 12.2. The zero-order chi connectivity index (χ0) is 12.3. The zero-order valence-corrected chi connectivity index (χ0v) is 9.25. The molecule has 2 aromatic rings. The second kappa shape index (κ2) is 4.61. The molecule has 2 rings (SSSR count). The van der Waals surface area contributed by atoms with Gasteiger partial charge >= 0.3 is 0 Å². The molecule has 0 aliphatic heterocycles. The first-order valence-corrected chi connectivity index (χ1v) is 4.98. The average Bonchev–Trinajstić information content (AvgIpc) is 2.38. The van der Waals surface area contributed by atoms with E-state index < -0.39 is 0 Å². The van der Waals surface area contributed by atoms with Gasteiger partial charge in [-0.1, -0.05) is 0 Å². The van der Waals surface area contributed by atoms with Crippen LogP contribution in [0.15, 0.2) is 36.7 Å². The molecule has 86 valence electrons. The van der Waals surface area contributed by atoms with Crippen LogP contribution in [-0.2, 0) is 0 Å². The minimum absolute atomic E-state index is 0.185. The Morgan fingerprint density at radius 1 is 1.18 bits per heavy atom. The van der Waals surface area contributed by atoms with Crippen LogP contribution in [0.5, 0.6) is 5.75 Å². The number of rotatable bonds is 3. The van der Waals surface area contributed by atoms with E-state index in [9.17, 15) is 4.79 Å². The Morgan fingerprint density at radius 2 is 1.82 bits per heavy atom. The summed E-state index contributed by atoms with van der Waals surface area (Å²) in [6.07, 6.45) is 3.04. The molecule has 0 aromatic carbocycles. The Bertz CT molecular complexity index is 555. The van der Waals surface area contributed by atoms with Crippen molar-refractivity contribution in [2.45, 2.75) is 0 Å². The lowest BCUT2D eigenvalue weighted by molar-refractivity contribution is 0.102. The molecule has 2 heterocycles. The Labute approximate surface area is 98.3 Å². The molecule has 0 bridgehead atoms. The largest absolute Gasteiger partial charge is 0.494 e. The molecule has 5 heteroatoms. The van der Waals surface area contributed by atoms with E-state index in [-0.39, 0.29) is 17.2 Å².